The Labute approximate surface area is 152 Å². The van der Waals surface area contributed by atoms with Crippen molar-refractivity contribution in [3.63, 3.8) is 0 Å². The summed E-state index contributed by atoms with van der Waals surface area (Å²) in [6.45, 7) is 0.663. The third-order valence-corrected chi connectivity index (χ3v) is 5.90. The molecule has 0 aliphatic carbocycles. The van der Waals surface area contributed by atoms with Gasteiger partial charge in [0, 0.05) is 27.4 Å². The fourth-order valence-electron chi connectivity index (χ4n) is 2.58. The molecule has 1 fully saturated rings. The minimum Gasteiger partial charge on any atom is -0.325 e. The lowest BCUT2D eigenvalue weighted by atomic mass is 10.1. The van der Waals surface area contributed by atoms with Crippen molar-refractivity contribution in [2.45, 2.75) is 11.8 Å². The molecule has 1 unspecified atom stereocenters. The van der Waals surface area contributed by atoms with Crippen LogP contribution in [0.15, 0.2) is 46.9 Å². The van der Waals surface area contributed by atoms with Crippen LogP contribution in [0.5, 0.6) is 0 Å². The van der Waals surface area contributed by atoms with Gasteiger partial charge >= 0.3 is 0 Å². The number of rotatable bonds is 3. The quantitative estimate of drug-likeness (QED) is 0.700. The highest BCUT2D eigenvalue weighted by atomic mass is 79.9. The summed E-state index contributed by atoms with van der Waals surface area (Å²) >= 11 is 11.2. The van der Waals surface area contributed by atoms with Gasteiger partial charge in [-0.25, -0.2) is 4.39 Å². The lowest BCUT2D eigenvalue weighted by molar-refractivity contribution is -0.130. The van der Waals surface area contributed by atoms with Gasteiger partial charge in [0.1, 0.15) is 11.2 Å². The van der Waals surface area contributed by atoms with Crippen molar-refractivity contribution in [1.82, 2.24) is 4.90 Å². The Morgan fingerprint density at radius 3 is 2.74 bits per heavy atom. The summed E-state index contributed by atoms with van der Waals surface area (Å²) < 4.78 is 14.9. The molecule has 2 aromatic rings. The molecular formula is C17H14BrClFNOS. The van der Waals surface area contributed by atoms with E-state index in [1.807, 2.05) is 24.3 Å². The minimum absolute atomic E-state index is 0.0148. The van der Waals surface area contributed by atoms with Gasteiger partial charge in [-0.15, -0.1) is 11.8 Å². The maximum Gasteiger partial charge on any atom is 0.228 e. The van der Waals surface area contributed by atoms with Gasteiger partial charge in [-0.05, 0) is 29.8 Å². The Kier molecular flexibility index (Phi) is 5.29. The SMILES string of the molecule is O=C(Cc1c(F)cccc1Cl)N1CCSC1c1ccc(Br)cc1. The van der Waals surface area contributed by atoms with E-state index in [1.165, 1.54) is 6.07 Å². The van der Waals surface area contributed by atoms with Gasteiger partial charge in [0.25, 0.3) is 0 Å². The van der Waals surface area contributed by atoms with Crippen molar-refractivity contribution in [2.75, 3.05) is 12.3 Å². The molecule has 23 heavy (non-hydrogen) atoms. The topological polar surface area (TPSA) is 20.3 Å². The summed E-state index contributed by atoms with van der Waals surface area (Å²) in [7, 11) is 0. The number of amides is 1. The smallest absolute Gasteiger partial charge is 0.228 e. The number of thioether (sulfide) groups is 1. The predicted octanol–water partition coefficient (Wildman–Crippen LogP) is 5.06. The van der Waals surface area contributed by atoms with Crippen LogP contribution in [-0.2, 0) is 11.2 Å². The molecule has 0 aromatic heterocycles. The number of carbonyl (C=O) groups excluding carboxylic acids is 1. The molecule has 1 atom stereocenters. The first-order valence-electron chi connectivity index (χ1n) is 7.15. The van der Waals surface area contributed by atoms with Crippen molar-refractivity contribution < 1.29 is 9.18 Å². The number of hydrogen-bond donors (Lipinski definition) is 0. The molecule has 1 saturated heterocycles. The highest BCUT2D eigenvalue weighted by Gasteiger charge is 2.31. The predicted molar refractivity (Wildman–Crippen MR) is 96.2 cm³/mol. The number of hydrogen-bond acceptors (Lipinski definition) is 2. The molecular weight excluding hydrogens is 401 g/mol. The molecule has 0 radical (unpaired) electrons. The summed E-state index contributed by atoms with van der Waals surface area (Å²) in [6, 6.07) is 12.4. The molecule has 1 aliphatic rings. The molecule has 1 aliphatic heterocycles. The molecule has 1 amide bonds. The monoisotopic (exact) mass is 413 g/mol. The Bertz CT molecular complexity index is 705. The lowest BCUT2D eigenvalue weighted by Gasteiger charge is -2.24. The van der Waals surface area contributed by atoms with Crippen LogP contribution in [0.4, 0.5) is 4.39 Å². The number of nitrogens with zero attached hydrogens (tertiary/aromatic N) is 1. The molecule has 2 aromatic carbocycles. The third-order valence-electron chi connectivity index (χ3n) is 3.76. The zero-order chi connectivity index (χ0) is 16.4. The zero-order valence-corrected chi connectivity index (χ0v) is 15.3. The normalized spacial score (nSPS) is 17.5. The largest absolute Gasteiger partial charge is 0.325 e. The molecule has 120 valence electrons. The van der Waals surface area contributed by atoms with Gasteiger partial charge in [-0.2, -0.15) is 0 Å². The second kappa shape index (κ2) is 7.24. The average Bonchev–Trinajstić information content (AvgIpc) is 3.01. The van der Waals surface area contributed by atoms with Crippen molar-refractivity contribution in [3.05, 3.63) is 68.9 Å². The standard InChI is InChI=1S/C17H14BrClFNOS/c18-12-6-4-11(5-7-12)17-21(8-9-23-17)16(22)10-13-14(19)2-1-3-15(13)20/h1-7,17H,8-10H2. The summed E-state index contributed by atoms with van der Waals surface area (Å²) in [6.07, 6.45) is -0.0148. The molecule has 0 N–H and O–H groups in total. The minimum atomic E-state index is -0.433. The van der Waals surface area contributed by atoms with E-state index in [-0.39, 0.29) is 23.3 Å². The Morgan fingerprint density at radius 1 is 1.30 bits per heavy atom. The Morgan fingerprint density at radius 2 is 2.04 bits per heavy atom. The molecule has 2 nitrogen and oxygen atoms in total. The van der Waals surface area contributed by atoms with Crippen LogP contribution in [-0.4, -0.2) is 23.1 Å². The fourth-order valence-corrected chi connectivity index (χ4v) is 4.35. The van der Waals surface area contributed by atoms with Crippen LogP contribution >= 0.6 is 39.3 Å². The van der Waals surface area contributed by atoms with Crippen molar-refractivity contribution in [1.29, 1.82) is 0 Å². The van der Waals surface area contributed by atoms with E-state index in [4.69, 9.17) is 11.6 Å². The average molecular weight is 415 g/mol. The lowest BCUT2D eigenvalue weighted by Crippen LogP contribution is -2.32. The van der Waals surface area contributed by atoms with Crippen LogP contribution in [0, 0.1) is 5.82 Å². The second-order valence-electron chi connectivity index (χ2n) is 5.24. The highest BCUT2D eigenvalue weighted by Crippen LogP contribution is 2.38. The van der Waals surface area contributed by atoms with E-state index in [0.717, 1.165) is 15.8 Å². The van der Waals surface area contributed by atoms with Gasteiger partial charge < -0.3 is 4.90 Å². The zero-order valence-electron chi connectivity index (χ0n) is 12.1. The van der Waals surface area contributed by atoms with Gasteiger partial charge in [0.2, 0.25) is 5.91 Å². The van der Waals surface area contributed by atoms with E-state index in [0.29, 0.717) is 11.6 Å². The molecule has 0 bridgehead atoms. The molecule has 0 spiro atoms. The second-order valence-corrected chi connectivity index (χ2v) is 7.75. The number of halogens is 3. The van der Waals surface area contributed by atoms with Crippen molar-refractivity contribution in [3.8, 4) is 0 Å². The van der Waals surface area contributed by atoms with Gasteiger partial charge in [0.15, 0.2) is 0 Å². The van der Waals surface area contributed by atoms with Crippen LogP contribution in [0.2, 0.25) is 5.02 Å². The molecule has 1 heterocycles. The number of carbonyl (C=O) groups is 1. The van der Waals surface area contributed by atoms with Gasteiger partial charge in [0.05, 0.1) is 6.42 Å². The van der Waals surface area contributed by atoms with E-state index in [2.05, 4.69) is 15.9 Å². The van der Waals surface area contributed by atoms with E-state index >= 15 is 0 Å². The summed E-state index contributed by atoms with van der Waals surface area (Å²) in [5.41, 5.74) is 1.34. The van der Waals surface area contributed by atoms with Crippen LogP contribution in [0.25, 0.3) is 0 Å². The molecule has 0 saturated carbocycles. The van der Waals surface area contributed by atoms with Gasteiger partial charge in [-0.3, -0.25) is 4.79 Å². The Hall–Kier alpha value is -1.04. The number of benzene rings is 2. The summed E-state index contributed by atoms with van der Waals surface area (Å²) in [5, 5.41) is 0.270. The molecule has 3 rings (SSSR count). The first-order chi connectivity index (χ1) is 11.1. The highest BCUT2D eigenvalue weighted by molar-refractivity contribution is 9.10. The van der Waals surface area contributed by atoms with Crippen LogP contribution in [0.1, 0.15) is 16.5 Å². The maximum atomic E-state index is 13.9. The first-order valence-corrected chi connectivity index (χ1v) is 9.37. The van der Waals surface area contributed by atoms with Crippen LogP contribution < -0.4 is 0 Å². The summed E-state index contributed by atoms with van der Waals surface area (Å²) in [5.74, 6) is 0.338. The fraction of sp³-hybridized carbons (Fsp3) is 0.235. The van der Waals surface area contributed by atoms with Crippen molar-refractivity contribution in [2.24, 2.45) is 0 Å². The van der Waals surface area contributed by atoms with E-state index < -0.39 is 5.82 Å². The van der Waals surface area contributed by atoms with E-state index in [1.54, 1.807) is 28.8 Å². The molecule has 6 heteroatoms. The van der Waals surface area contributed by atoms with E-state index in [9.17, 15) is 9.18 Å². The maximum absolute atomic E-state index is 13.9. The van der Waals surface area contributed by atoms with Crippen LogP contribution in [0.3, 0.4) is 0 Å². The first kappa shape index (κ1) is 16.8. The Balaban J connectivity index is 1.80. The van der Waals surface area contributed by atoms with Gasteiger partial charge in [-0.1, -0.05) is 45.7 Å². The third kappa shape index (κ3) is 3.73. The van der Waals surface area contributed by atoms with Crippen molar-refractivity contribution >= 4 is 45.2 Å². The summed E-state index contributed by atoms with van der Waals surface area (Å²) in [4.78, 5) is 14.5.